The first kappa shape index (κ1) is 9.44. The SMILES string of the molecule is COCC12CCCC1(OC)OCC2. The minimum absolute atomic E-state index is 0.135. The van der Waals surface area contributed by atoms with Crippen molar-refractivity contribution in [1.82, 2.24) is 0 Å². The van der Waals surface area contributed by atoms with E-state index in [1.165, 1.54) is 12.8 Å². The highest BCUT2D eigenvalue weighted by atomic mass is 16.7. The molecular weight excluding hydrogens is 168 g/mol. The predicted octanol–water partition coefficient (Wildman–Crippen LogP) is 1.57. The molecule has 0 radical (unpaired) electrons. The zero-order valence-electron chi connectivity index (χ0n) is 8.47. The normalized spacial score (nSPS) is 43.8. The zero-order chi connectivity index (χ0) is 9.36. The van der Waals surface area contributed by atoms with Crippen molar-refractivity contribution in [2.24, 2.45) is 5.41 Å². The summed E-state index contributed by atoms with van der Waals surface area (Å²) in [6.07, 6.45) is 4.47. The lowest BCUT2D eigenvalue weighted by Crippen LogP contribution is -2.45. The molecule has 0 spiro atoms. The van der Waals surface area contributed by atoms with Gasteiger partial charge in [0.15, 0.2) is 5.79 Å². The summed E-state index contributed by atoms with van der Waals surface area (Å²) >= 11 is 0. The van der Waals surface area contributed by atoms with Crippen LogP contribution < -0.4 is 0 Å². The Bertz CT molecular complexity index is 181. The van der Waals surface area contributed by atoms with E-state index in [-0.39, 0.29) is 11.2 Å². The molecule has 3 heteroatoms. The topological polar surface area (TPSA) is 27.7 Å². The van der Waals surface area contributed by atoms with E-state index < -0.39 is 0 Å². The van der Waals surface area contributed by atoms with Gasteiger partial charge in [0.2, 0.25) is 0 Å². The lowest BCUT2D eigenvalue weighted by Gasteiger charge is -2.37. The van der Waals surface area contributed by atoms with Crippen molar-refractivity contribution in [3.63, 3.8) is 0 Å². The van der Waals surface area contributed by atoms with Crippen molar-refractivity contribution >= 4 is 0 Å². The predicted molar refractivity (Wildman–Crippen MR) is 48.5 cm³/mol. The summed E-state index contributed by atoms with van der Waals surface area (Å²) in [6, 6.07) is 0. The summed E-state index contributed by atoms with van der Waals surface area (Å²) in [5, 5.41) is 0. The van der Waals surface area contributed by atoms with Gasteiger partial charge in [-0.1, -0.05) is 0 Å². The Morgan fingerprint density at radius 1 is 1.23 bits per heavy atom. The van der Waals surface area contributed by atoms with Gasteiger partial charge in [-0.3, -0.25) is 0 Å². The van der Waals surface area contributed by atoms with Gasteiger partial charge in [-0.15, -0.1) is 0 Å². The first-order chi connectivity index (χ1) is 6.29. The van der Waals surface area contributed by atoms with Gasteiger partial charge in [0.1, 0.15) is 0 Å². The highest BCUT2D eigenvalue weighted by Crippen LogP contribution is 2.55. The molecule has 13 heavy (non-hydrogen) atoms. The Morgan fingerprint density at radius 2 is 2.08 bits per heavy atom. The van der Waals surface area contributed by atoms with Gasteiger partial charge >= 0.3 is 0 Å². The zero-order valence-corrected chi connectivity index (χ0v) is 8.47. The third-order valence-corrected chi connectivity index (χ3v) is 3.64. The van der Waals surface area contributed by atoms with E-state index in [0.29, 0.717) is 0 Å². The van der Waals surface area contributed by atoms with Crippen molar-refractivity contribution in [2.75, 3.05) is 27.4 Å². The molecule has 1 saturated heterocycles. The van der Waals surface area contributed by atoms with Crippen LogP contribution in [0.4, 0.5) is 0 Å². The van der Waals surface area contributed by atoms with Gasteiger partial charge < -0.3 is 14.2 Å². The van der Waals surface area contributed by atoms with Crippen LogP contribution in [0.15, 0.2) is 0 Å². The molecule has 3 nitrogen and oxygen atoms in total. The Kier molecular flexibility index (Phi) is 2.34. The van der Waals surface area contributed by atoms with Gasteiger partial charge in [-0.2, -0.15) is 0 Å². The second-order valence-corrected chi connectivity index (χ2v) is 4.12. The maximum absolute atomic E-state index is 5.77. The molecule has 1 heterocycles. The summed E-state index contributed by atoms with van der Waals surface area (Å²) in [6.45, 7) is 1.58. The van der Waals surface area contributed by atoms with Crippen LogP contribution >= 0.6 is 0 Å². The van der Waals surface area contributed by atoms with Crippen molar-refractivity contribution in [3.8, 4) is 0 Å². The number of rotatable bonds is 3. The average Bonchev–Trinajstić information content (AvgIpc) is 2.59. The van der Waals surface area contributed by atoms with Crippen LogP contribution in [0.1, 0.15) is 25.7 Å². The van der Waals surface area contributed by atoms with Crippen molar-refractivity contribution in [1.29, 1.82) is 0 Å². The largest absolute Gasteiger partial charge is 0.384 e. The van der Waals surface area contributed by atoms with Gasteiger partial charge in [-0.25, -0.2) is 0 Å². The molecule has 1 aliphatic heterocycles. The van der Waals surface area contributed by atoms with Crippen molar-refractivity contribution in [3.05, 3.63) is 0 Å². The standard InChI is InChI=1S/C10H18O3/c1-11-8-9-4-3-5-10(9,12-2)13-7-6-9/h3-8H2,1-2H3. The molecule has 0 N–H and O–H groups in total. The molecule has 0 aromatic carbocycles. The monoisotopic (exact) mass is 186 g/mol. The number of methoxy groups -OCH3 is 2. The van der Waals surface area contributed by atoms with Gasteiger partial charge in [0.05, 0.1) is 13.2 Å². The molecule has 2 unspecified atom stereocenters. The minimum atomic E-state index is -0.330. The van der Waals surface area contributed by atoms with Crippen molar-refractivity contribution < 1.29 is 14.2 Å². The fourth-order valence-corrected chi connectivity index (χ4v) is 2.98. The highest BCUT2D eigenvalue weighted by Gasteiger charge is 2.60. The summed E-state index contributed by atoms with van der Waals surface area (Å²) in [5.41, 5.74) is 0.135. The van der Waals surface area contributed by atoms with Gasteiger partial charge in [-0.05, 0) is 19.3 Å². The van der Waals surface area contributed by atoms with E-state index in [2.05, 4.69) is 0 Å². The number of ether oxygens (including phenoxy) is 3. The summed E-state index contributed by atoms with van der Waals surface area (Å²) in [4.78, 5) is 0. The van der Waals surface area contributed by atoms with E-state index in [0.717, 1.165) is 26.1 Å². The minimum Gasteiger partial charge on any atom is -0.384 e. The Labute approximate surface area is 79.4 Å². The van der Waals surface area contributed by atoms with Crippen LogP contribution in [-0.2, 0) is 14.2 Å². The van der Waals surface area contributed by atoms with Crippen LogP contribution in [0.3, 0.4) is 0 Å². The third kappa shape index (κ3) is 1.14. The molecule has 0 aromatic rings. The second kappa shape index (κ2) is 3.23. The maximum atomic E-state index is 5.77. The Hall–Kier alpha value is -0.120. The number of hydrogen-bond donors (Lipinski definition) is 0. The smallest absolute Gasteiger partial charge is 0.175 e. The first-order valence-corrected chi connectivity index (χ1v) is 4.97. The number of fused-ring (bicyclic) bond motifs is 1. The third-order valence-electron chi connectivity index (χ3n) is 3.64. The fourth-order valence-electron chi connectivity index (χ4n) is 2.98. The summed E-state index contributed by atoms with van der Waals surface area (Å²) in [5.74, 6) is -0.330. The van der Waals surface area contributed by atoms with Crippen LogP contribution in [0, 0.1) is 5.41 Å². The van der Waals surface area contributed by atoms with E-state index in [9.17, 15) is 0 Å². The summed E-state index contributed by atoms with van der Waals surface area (Å²) < 4.78 is 16.6. The highest BCUT2D eigenvalue weighted by molar-refractivity contribution is 5.02. The Balaban J connectivity index is 2.22. The van der Waals surface area contributed by atoms with Gasteiger partial charge in [0.25, 0.3) is 0 Å². The second-order valence-electron chi connectivity index (χ2n) is 4.12. The molecule has 2 fully saturated rings. The Morgan fingerprint density at radius 3 is 2.77 bits per heavy atom. The summed E-state index contributed by atoms with van der Waals surface area (Å²) in [7, 11) is 3.51. The van der Waals surface area contributed by atoms with E-state index >= 15 is 0 Å². The molecule has 0 amide bonds. The lowest BCUT2D eigenvalue weighted by molar-refractivity contribution is -0.240. The first-order valence-electron chi connectivity index (χ1n) is 4.97. The lowest BCUT2D eigenvalue weighted by atomic mass is 9.81. The molecular formula is C10H18O3. The molecule has 2 atom stereocenters. The number of hydrogen-bond acceptors (Lipinski definition) is 3. The van der Waals surface area contributed by atoms with Crippen LogP contribution in [0.2, 0.25) is 0 Å². The van der Waals surface area contributed by atoms with Crippen molar-refractivity contribution in [2.45, 2.75) is 31.5 Å². The molecule has 0 aromatic heterocycles. The average molecular weight is 186 g/mol. The van der Waals surface area contributed by atoms with E-state index in [4.69, 9.17) is 14.2 Å². The van der Waals surface area contributed by atoms with Crippen LogP contribution in [-0.4, -0.2) is 33.2 Å². The van der Waals surface area contributed by atoms with E-state index in [1.54, 1.807) is 14.2 Å². The molecule has 76 valence electrons. The fraction of sp³-hybridized carbons (Fsp3) is 1.00. The quantitative estimate of drug-likeness (QED) is 0.669. The molecule has 2 aliphatic rings. The molecule has 0 bridgehead atoms. The molecule has 1 aliphatic carbocycles. The van der Waals surface area contributed by atoms with Crippen LogP contribution in [0.25, 0.3) is 0 Å². The molecule has 1 saturated carbocycles. The van der Waals surface area contributed by atoms with Gasteiger partial charge in [0, 0.05) is 26.1 Å². The van der Waals surface area contributed by atoms with E-state index in [1.807, 2.05) is 0 Å². The van der Waals surface area contributed by atoms with Crippen LogP contribution in [0.5, 0.6) is 0 Å². The molecule has 2 rings (SSSR count). The maximum Gasteiger partial charge on any atom is 0.175 e.